The molecule has 51 heavy (non-hydrogen) atoms. The fraction of sp³-hybridized carbons (Fsp3) is 0.229. The van der Waals surface area contributed by atoms with Gasteiger partial charge in [-0.1, -0.05) is 44.5 Å². The Balaban J connectivity index is 0.000000328. The van der Waals surface area contributed by atoms with Gasteiger partial charge in [0.1, 0.15) is 16.1 Å². The standard InChI is InChI=1S/C20H15N3O8S2.C13H20N2O.C2H6/c21-9-5-6-12(14(7-9)32(26,27)28)23-13-8-15(33(29,30)31)18(22)17-16(13)19(24)10-3-1-2-4-11(10)20(17)25;1-15(10-4-2-3-5-11-16)13-8-6-12(14)7-9-13;1-2/h1-8,23H,21-22H2,(H,26,27,28)(H,29,30,31);6-9,11H,2-5,10,14H2,1H3;1-2H3. The van der Waals surface area contributed by atoms with Gasteiger partial charge in [0.2, 0.25) is 0 Å². The van der Waals surface area contributed by atoms with Crippen LogP contribution >= 0.6 is 0 Å². The number of benzene rings is 4. The number of hydrogen-bond donors (Lipinski definition) is 6. The van der Waals surface area contributed by atoms with Crippen LogP contribution in [-0.2, 0) is 25.0 Å². The van der Waals surface area contributed by atoms with Crippen molar-refractivity contribution in [3.63, 3.8) is 0 Å². The molecule has 0 unspecified atom stereocenters. The van der Waals surface area contributed by atoms with Gasteiger partial charge in [0.05, 0.1) is 28.2 Å². The highest BCUT2D eigenvalue weighted by molar-refractivity contribution is 7.86. The highest BCUT2D eigenvalue weighted by Gasteiger charge is 2.36. The minimum atomic E-state index is -4.96. The number of nitrogens with two attached hydrogens (primary N) is 3. The number of carbonyl (C=O) groups is 3. The number of rotatable bonds is 11. The monoisotopic (exact) mass is 739 g/mol. The van der Waals surface area contributed by atoms with Gasteiger partial charge in [-0.15, -0.1) is 0 Å². The Kier molecular flexibility index (Phi) is 13.4. The van der Waals surface area contributed by atoms with Crippen molar-refractivity contribution >= 4 is 72.2 Å². The maximum absolute atomic E-state index is 13.3. The third kappa shape index (κ3) is 9.70. The van der Waals surface area contributed by atoms with E-state index in [4.69, 9.17) is 17.2 Å². The Morgan fingerprint density at radius 2 is 1.25 bits per heavy atom. The summed E-state index contributed by atoms with van der Waals surface area (Å²) in [6.07, 6.45) is 4.90. The molecule has 0 aromatic heterocycles. The number of fused-ring (bicyclic) bond motifs is 2. The number of nitrogen functional groups attached to an aromatic ring is 3. The molecule has 0 amide bonds. The number of nitrogens with one attached hydrogen (secondary N) is 1. The fourth-order valence-electron chi connectivity index (χ4n) is 5.22. The van der Waals surface area contributed by atoms with Gasteiger partial charge in [-0.25, -0.2) is 0 Å². The van der Waals surface area contributed by atoms with E-state index in [0.29, 0.717) is 6.42 Å². The van der Waals surface area contributed by atoms with Crippen LogP contribution < -0.4 is 27.4 Å². The molecule has 5 rings (SSSR count). The molecule has 0 heterocycles. The lowest BCUT2D eigenvalue weighted by atomic mass is 9.82. The summed E-state index contributed by atoms with van der Waals surface area (Å²) in [5.74, 6) is -1.46. The van der Waals surface area contributed by atoms with Crippen LogP contribution in [0.15, 0.2) is 82.6 Å². The van der Waals surface area contributed by atoms with Gasteiger partial charge in [-0.2, -0.15) is 16.8 Å². The van der Waals surface area contributed by atoms with Crippen molar-refractivity contribution in [1.29, 1.82) is 0 Å². The topological polar surface area (TPSA) is 253 Å². The van der Waals surface area contributed by atoms with E-state index >= 15 is 0 Å². The van der Waals surface area contributed by atoms with Gasteiger partial charge in [0.25, 0.3) is 20.2 Å². The highest BCUT2D eigenvalue weighted by atomic mass is 32.2. The second kappa shape index (κ2) is 17.1. The second-order valence-electron chi connectivity index (χ2n) is 11.1. The molecule has 0 fully saturated rings. The van der Waals surface area contributed by atoms with E-state index in [1.807, 2.05) is 38.1 Å². The first-order chi connectivity index (χ1) is 24.0. The Bertz CT molecular complexity index is 2140. The molecule has 0 saturated heterocycles. The van der Waals surface area contributed by atoms with Gasteiger partial charge in [0.15, 0.2) is 11.6 Å². The molecule has 4 aromatic rings. The maximum atomic E-state index is 13.3. The molecule has 4 aromatic carbocycles. The average molecular weight is 740 g/mol. The number of carbonyl (C=O) groups excluding carboxylic acids is 3. The molecule has 0 aliphatic heterocycles. The zero-order valence-electron chi connectivity index (χ0n) is 28.3. The van der Waals surface area contributed by atoms with E-state index in [2.05, 4.69) is 17.3 Å². The minimum Gasteiger partial charge on any atom is -0.399 e. The van der Waals surface area contributed by atoms with E-state index in [1.165, 1.54) is 36.0 Å². The molecule has 0 bridgehead atoms. The number of hydrogen-bond acceptors (Lipinski definition) is 12. The Hall–Kier alpha value is -5.29. The van der Waals surface area contributed by atoms with Crippen molar-refractivity contribution in [2.45, 2.75) is 49.3 Å². The van der Waals surface area contributed by atoms with Crippen LogP contribution in [0.2, 0.25) is 0 Å². The van der Waals surface area contributed by atoms with E-state index in [1.54, 1.807) is 0 Å². The first-order valence-electron chi connectivity index (χ1n) is 15.8. The summed E-state index contributed by atoms with van der Waals surface area (Å²) >= 11 is 0. The zero-order chi connectivity index (χ0) is 38.1. The van der Waals surface area contributed by atoms with Crippen molar-refractivity contribution in [3.05, 3.63) is 95.1 Å². The smallest absolute Gasteiger partial charge is 0.296 e. The van der Waals surface area contributed by atoms with Crippen LogP contribution in [0.3, 0.4) is 0 Å². The van der Waals surface area contributed by atoms with Crippen molar-refractivity contribution in [2.75, 3.05) is 41.0 Å². The van der Waals surface area contributed by atoms with Gasteiger partial charge in [-0.05, 0) is 61.4 Å². The van der Waals surface area contributed by atoms with Crippen LogP contribution in [0.1, 0.15) is 71.4 Å². The average Bonchev–Trinajstić information content (AvgIpc) is 3.09. The largest absolute Gasteiger partial charge is 0.399 e. The fourth-order valence-corrected chi connectivity index (χ4v) is 6.55. The minimum absolute atomic E-state index is 0.00804. The van der Waals surface area contributed by atoms with Crippen LogP contribution in [0.5, 0.6) is 0 Å². The third-order valence-electron chi connectivity index (χ3n) is 7.68. The molecule has 0 atom stereocenters. The summed E-state index contributed by atoms with van der Waals surface area (Å²) in [5, 5.41) is 2.56. The Morgan fingerprint density at radius 3 is 1.80 bits per heavy atom. The summed E-state index contributed by atoms with van der Waals surface area (Å²) < 4.78 is 66.8. The van der Waals surface area contributed by atoms with Gasteiger partial charge in [0, 0.05) is 48.2 Å². The SMILES string of the molecule is CC.CN(CCCCCC=O)c1ccc(N)cc1.Nc1ccc(Nc2cc(S(=O)(=O)O)c(N)c3c2C(=O)c2ccccc2C3=O)c(S(=O)(=O)O)c1. The quantitative estimate of drug-likeness (QED) is 0.0432. The molecule has 272 valence electrons. The maximum Gasteiger partial charge on any atom is 0.296 e. The summed E-state index contributed by atoms with van der Waals surface area (Å²) in [5.41, 5.74) is 17.0. The molecular weight excluding hydrogens is 699 g/mol. The van der Waals surface area contributed by atoms with Gasteiger partial charge >= 0.3 is 0 Å². The van der Waals surface area contributed by atoms with Crippen molar-refractivity contribution in [1.82, 2.24) is 0 Å². The first kappa shape index (κ1) is 40.1. The molecule has 16 heteroatoms. The van der Waals surface area contributed by atoms with Crippen LogP contribution in [0.4, 0.5) is 34.1 Å². The highest BCUT2D eigenvalue weighted by Crippen LogP contribution is 2.41. The predicted molar refractivity (Wildman–Crippen MR) is 198 cm³/mol. The number of anilines is 6. The predicted octanol–water partition coefficient (Wildman–Crippen LogP) is 5.35. The second-order valence-corrected chi connectivity index (χ2v) is 13.9. The van der Waals surface area contributed by atoms with Gasteiger partial charge < -0.3 is 32.2 Å². The number of nitrogens with zero attached hydrogens (tertiary/aromatic N) is 1. The lowest BCUT2D eigenvalue weighted by Crippen LogP contribution is -2.25. The number of unbranched alkanes of at least 4 members (excludes halogenated alkanes) is 3. The molecule has 0 radical (unpaired) electrons. The molecule has 0 saturated carbocycles. The lowest BCUT2D eigenvalue weighted by Gasteiger charge is -2.24. The molecule has 14 nitrogen and oxygen atoms in total. The Labute approximate surface area is 297 Å². The van der Waals surface area contributed by atoms with E-state index < -0.39 is 52.8 Å². The van der Waals surface area contributed by atoms with Crippen molar-refractivity contribution in [2.24, 2.45) is 0 Å². The van der Waals surface area contributed by atoms with Crippen LogP contribution in [0.25, 0.3) is 0 Å². The molecular formula is C35H41N5O9S2. The zero-order valence-corrected chi connectivity index (χ0v) is 29.9. The number of aldehydes is 1. The molecule has 1 aliphatic carbocycles. The Morgan fingerprint density at radius 1 is 0.706 bits per heavy atom. The summed E-state index contributed by atoms with van der Waals surface area (Å²) in [6, 6.07) is 17.9. The van der Waals surface area contributed by atoms with Crippen LogP contribution in [-0.4, -0.2) is 57.4 Å². The first-order valence-corrected chi connectivity index (χ1v) is 18.7. The molecule has 9 N–H and O–H groups in total. The van der Waals surface area contributed by atoms with Crippen LogP contribution in [0, 0.1) is 0 Å². The summed E-state index contributed by atoms with van der Waals surface area (Å²) in [6.45, 7) is 5.02. The van der Waals surface area contributed by atoms with E-state index in [0.717, 1.165) is 56.0 Å². The third-order valence-corrected chi connectivity index (χ3v) is 9.47. The van der Waals surface area contributed by atoms with E-state index in [9.17, 15) is 40.3 Å². The molecule has 1 aliphatic rings. The number of ketones is 2. The summed E-state index contributed by atoms with van der Waals surface area (Å²) in [4.78, 5) is 37.2. The summed E-state index contributed by atoms with van der Waals surface area (Å²) in [7, 11) is -7.69. The van der Waals surface area contributed by atoms with Crippen molar-refractivity contribution in [3.8, 4) is 0 Å². The van der Waals surface area contributed by atoms with Crippen molar-refractivity contribution < 1.29 is 40.3 Å². The normalized spacial score (nSPS) is 11.9. The lowest BCUT2D eigenvalue weighted by molar-refractivity contribution is -0.107. The molecule has 0 spiro atoms. The van der Waals surface area contributed by atoms with Gasteiger partial charge in [-0.3, -0.25) is 18.7 Å². The van der Waals surface area contributed by atoms with E-state index in [-0.39, 0.29) is 33.8 Å².